The fourth-order valence-corrected chi connectivity index (χ4v) is 2.31. The second kappa shape index (κ2) is 5.94. The van der Waals surface area contributed by atoms with Crippen molar-refractivity contribution in [1.29, 1.82) is 0 Å². The number of aliphatic carboxylic acids is 1. The maximum absolute atomic E-state index is 12.3. The molecule has 1 atom stereocenters. The van der Waals surface area contributed by atoms with Gasteiger partial charge in [-0.3, -0.25) is 14.3 Å². The van der Waals surface area contributed by atoms with Crippen molar-refractivity contribution in [2.75, 3.05) is 13.1 Å². The number of carbonyl (C=O) groups is 3. The molecule has 0 aromatic carbocycles. The first-order valence-electron chi connectivity index (χ1n) is 6.76. The molecular weight excluding hydrogens is 276 g/mol. The highest BCUT2D eigenvalue weighted by Crippen LogP contribution is 2.18. The molecule has 0 aliphatic carbocycles. The van der Waals surface area contributed by atoms with Gasteiger partial charge in [0.15, 0.2) is 0 Å². The Balaban J connectivity index is 2.01. The zero-order valence-electron chi connectivity index (χ0n) is 11.7. The second-order valence-electron chi connectivity index (χ2n) is 5.16. The van der Waals surface area contributed by atoms with E-state index in [1.807, 2.05) is 0 Å². The van der Waals surface area contributed by atoms with Gasteiger partial charge >= 0.3 is 5.97 Å². The van der Waals surface area contributed by atoms with Crippen LogP contribution in [0.4, 0.5) is 0 Å². The summed E-state index contributed by atoms with van der Waals surface area (Å²) < 4.78 is 1.24. The standard InChI is InChI=1S/C13H18N4O4/c1-8(13(20)21)17-7-4-10(15-17)12(19)16-5-2-9(3-6-16)11(14)18/h4,7-9H,2-3,5-6H2,1H3,(H2,14,18)(H,20,21). The molecule has 0 saturated carbocycles. The smallest absolute Gasteiger partial charge is 0.328 e. The lowest BCUT2D eigenvalue weighted by Gasteiger charge is -2.30. The molecule has 2 heterocycles. The van der Waals surface area contributed by atoms with E-state index in [1.165, 1.54) is 23.9 Å². The number of amides is 2. The van der Waals surface area contributed by atoms with Gasteiger partial charge < -0.3 is 15.7 Å². The molecule has 3 N–H and O–H groups in total. The van der Waals surface area contributed by atoms with Gasteiger partial charge in [0.25, 0.3) is 5.91 Å². The molecule has 1 fully saturated rings. The van der Waals surface area contributed by atoms with Crippen molar-refractivity contribution in [3.63, 3.8) is 0 Å². The van der Waals surface area contributed by atoms with E-state index in [4.69, 9.17) is 10.8 Å². The minimum absolute atomic E-state index is 0.182. The first-order valence-corrected chi connectivity index (χ1v) is 6.76. The highest BCUT2D eigenvalue weighted by Gasteiger charge is 2.27. The lowest BCUT2D eigenvalue weighted by molar-refractivity contribution is -0.140. The number of rotatable bonds is 4. The Labute approximate surface area is 121 Å². The second-order valence-corrected chi connectivity index (χ2v) is 5.16. The molecule has 1 unspecified atom stereocenters. The zero-order valence-corrected chi connectivity index (χ0v) is 11.7. The Morgan fingerprint density at radius 3 is 2.52 bits per heavy atom. The minimum Gasteiger partial charge on any atom is -0.480 e. The summed E-state index contributed by atoms with van der Waals surface area (Å²) in [5.74, 6) is -1.78. The van der Waals surface area contributed by atoms with Gasteiger partial charge in [0.2, 0.25) is 5.91 Å². The highest BCUT2D eigenvalue weighted by atomic mass is 16.4. The summed E-state index contributed by atoms with van der Waals surface area (Å²) in [5.41, 5.74) is 5.46. The molecule has 2 amide bonds. The van der Waals surface area contributed by atoms with Crippen molar-refractivity contribution in [1.82, 2.24) is 14.7 Å². The molecule has 114 valence electrons. The van der Waals surface area contributed by atoms with Crippen molar-refractivity contribution in [3.05, 3.63) is 18.0 Å². The number of hydrogen-bond acceptors (Lipinski definition) is 4. The molecular formula is C13H18N4O4. The Morgan fingerprint density at radius 1 is 1.38 bits per heavy atom. The third-order valence-corrected chi connectivity index (χ3v) is 3.77. The molecule has 21 heavy (non-hydrogen) atoms. The van der Waals surface area contributed by atoms with Crippen molar-refractivity contribution < 1.29 is 19.5 Å². The van der Waals surface area contributed by atoms with Gasteiger partial charge in [-0.15, -0.1) is 0 Å². The van der Waals surface area contributed by atoms with E-state index in [-0.39, 0.29) is 23.4 Å². The summed E-state index contributed by atoms with van der Waals surface area (Å²) in [6, 6.07) is 0.675. The Bertz CT molecular complexity index is 560. The van der Waals surface area contributed by atoms with Crippen LogP contribution in [0.15, 0.2) is 12.3 Å². The monoisotopic (exact) mass is 294 g/mol. The third kappa shape index (κ3) is 3.21. The molecule has 1 aliphatic rings. The maximum Gasteiger partial charge on any atom is 0.328 e. The SMILES string of the molecule is CC(C(=O)O)n1ccc(C(=O)N2CCC(C(N)=O)CC2)n1. The van der Waals surface area contributed by atoms with E-state index >= 15 is 0 Å². The van der Waals surface area contributed by atoms with E-state index < -0.39 is 12.0 Å². The van der Waals surface area contributed by atoms with Gasteiger partial charge in [0, 0.05) is 25.2 Å². The van der Waals surface area contributed by atoms with Crippen molar-refractivity contribution >= 4 is 17.8 Å². The van der Waals surface area contributed by atoms with Crippen LogP contribution < -0.4 is 5.73 Å². The highest BCUT2D eigenvalue weighted by molar-refractivity contribution is 5.92. The number of hydrogen-bond donors (Lipinski definition) is 2. The van der Waals surface area contributed by atoms with Crippen LogP contribution in [-0.2, 0) is 9.59 Å². The predicted octanol–water partition coefficient (Wildman–Crippen LogP) is -0.134. The summed E-state index contributed by atoms with van der Waals surface area (Å²) in [6.07, 6.45) is 2.57. The first-order chi connectivity index (χ1) is 9.90. The molecule has 8 heteroatoms. The van der Waals surface area contributed by atoms with Gasteiger partial charge in [-0.25, -0.2) is 4.79 Å². The number of nitrogens with zero attached hydrogens (tertiary/aromatic N) is 3. The number of carboxylic acid groups (broad SMARTS) is 1. The quantitative estimate of drug-likeness (QED) is 0.801. The normalized spacial score (nSPS) is 17.5. The number of piperidine rings is 1. The molecule has 1 saturated heterocycles. The van der Waals surface area contributed by atoms with E-state index in [0.717, 1.165) is 0 Å². The van der Waals surface area contributed by atoms with E-state index in [1.54, 1.807) is 4.90 Å². The van der Waals surface area contributed by atoms with Crippen molar-refractivity contribution in [3.8, 4) is 0 Å². The topological polar surface area (TPSA) is 119 Å². The van der Waals surface area contributed by atoms with Gasteiger partial charge in [-0.1, -0.05) is 0 Å². The summed E-state index contributed by atoms with van der Waals surface area (Å²) in [4.78, 5) is 35.8. The van der Waals surface area contributed by atoms with Gasteiger partial charge in [-0.2, -0.15) is 5.10 Å². The average Bonchev–Trinajstić information content (AvgIpc) is 2.95. The van der Waals surface area contributed by atoms with Crippen LogP contribution in [0.3, 0.4) is 0 Å². The fraction of sp³-hybridized carbons (Fsp3) is 0.538. The number of nitrogens with two attached hydrogens (primary N) is 1. The largest absolute Gasteiger partial charge is 0.480 e. The van der Waals surface area contributed by atoms with E-state index in [9.17, 15) is 14.4 Å². The molecule has 0 radical (unpaired) electrons. The van der Waals surface area contributed by atoms with Crippen LogP contribution in [0.25, 0.3) is 0 Å². The molecule has 1 aromatic heterocycles. The van der Waals surface area contributed by atoms with Gasteiger partial charge in [0.05, 0.1) is 0 Å². The lowest BCUT2D eigenvalue weighted by atomic mass is 9.96. The van der Waals surface area contributed by atoms with Crippen LogP contribution in [-0.4, -0.2) is 50.7 Å². The van der Waals surface area contributed by atoms with Crippen LogP contribution in [0.2, 0.25) is 0 Å². The molecule has 1 aromatic rings. The van der Waals surface area contributed by atoms with Crippen LogP contribution in [0.1, 0.15) is 36.3 Å². The molecule has 2 rings (SSSR count). The Hall–Kier alpha value is -2.38. The third-order valence-electron chi connectivity index (χ3n) is 3.77. The summed E-state index contributed by atoms with van der Waals surface area (Å²) in [6.45, 7) is 2.39. The fourth-order valence-electron chi connectivity index (χ4n) is 2.31. The molecule has 0 bridgehead atoms. The predicted molar refractivity (Wildman–Crippen MR) is 72.4 cm³/mol. The van der Waals surface area contributed by atoms with Crippen LogP contribution >= 0.6 is 0 Å². The average molecular weight is 294 g/mol. The van der Waals surface area contributed by atoms with Gasteiger partial charge in [-0.05, 0) is 25.8 Å². The number of carbonyl (C=O) groups excluding carboxylic acids is 2. The summed E-state index contributed by atoms with van der Waals surface area (Å²) in [7, 11) is 0. The number of carboxylic acids is 1. The minimum atomic E-state index is -1.01. The number of primary amides is 1. The summed E-state index contributed by atoms with van der Waals surface area (Å²) >= 11 is 0. The summed E-state index contributed by atoms with van der Waals surface area (Å²) in [5, 5.41) is 12.9. The molecule has 1 aliphatic heterocycles. The Morgan fingerprint density at radius 2 is 2.00 bits per heavy atom. The first kappa shape index (κ1) is 15.0. The number of likely N-dealkylation sites (tertiary alicyclic amines) is 1. The molecule has 0 spiro atoms. The maximum atomic E-state index is 12.3. The van der Waals surface area contributed by atoms with Gasteiger partial charge in [0.1, 0.15) is 11.7 Å². The molecule has 8 nitrogen and oxygen atoms in total. The van der Waals surface area contributed by atoms with Crippen LogP contribution in [0, 0.1) is 5.92 Å². The van der Waals surface area contributed by atoms with Crippen molar-refractivity contribution in [2.45, 2.75) is 25.8 Å². The van der Waals surface area contributed by atoms with Crippen molar-refractivity contribution in [2.24, 2.45) is 11.7 Å². The van der Waals surface area contributed by atoms with E-state index in [2.05, 4.69) is 5.10 Å². The number of aromatic nitrogens is 2. The lowest BCUT2D eigenvalue weighted by Crippen LogP contribution is -2.41. The van der Waals surface area contributed by atoms with Crippen LogP contribution in [0.5, 0.6) is 0 Å². The van der Waals surface area contributed by atoms with E-state index in [0.29, 0.717) is 25.9 Å². The zero-order chi connectivity index (χ0) is 15.6. The Kier molecular flexibility index (Phi) is 4.25.